The molecule has 0 saturated heterocycles. The van der Waals surface area contributed by atoms with Crippen LogP contribution in [0.2, 0.25) is 0 Å². The minimum atomic E-state index is -2.66. The summed E-state index contributed by atoms with van der Waals surface area (Å²) in [6.07, 6.45) is 0. The lowest BCUT2D eigenvalue weighted by Crippen LogP contribution is -2.76. The van der Waals surface area contributed by atoms with Gasteiger partial charge in [0.05, 0.1) is 11.4 Å². The number of nitrogens with one attached hydrogen (secondary N) is 1. The third-order valence-corrected chi connectivity index (χ3v) is 16.8. The van der Waals surface area contributed by atoms with E-state index in [2.05, 4.69) is 174 Å². The number of fused-ring (bicyclic) bond motifs is 13. The van der Waals surface area contributed by atoms with Crippen molar-refractivity contribution in [3.8, 4) is 44.9 Å². The lowest BCUT2D eigenvalue weighted by molar-refractivity contribution is 0.481. The molecule has 3 nitrogen and oxygen atoms in total. The highest BCUT2D eigenvalue weighted by Gasteiger charge is 2.55. The first kappa shape index (κ1) is 29.1. The predicted octanol–water partition coefficient (Wildman–Crippen LogP) is 7.71. The molecular weight excluding hydrogens is 659 g/mol. The second kappa shape index (κ2) is 10.7. The molecule has 4 heterocycles. The van der Waals surface area contributed by atoms with E-state index in [4.69, 9.17) is 4.74 Å². The van der Waals surface area contributed by atoms with Crippen LogP contribution in [0, 0.1) is 0 Å². The van der Waals surface area contributed by atoms with Crippen molar-refractivity contribution in [2.45, 2.75) is 0 Å². The van der Waals surface area contributed by atoms with Crippen molar-refractivity contribution >= 4 is 75.5 Å². The third-order valence-electron chi connectivity index (χ3n) is 11.9. The van der Waals surface area contributed by atoms with Crippen molar-refractivity contribution < 1.29 is 4.74 Å². The Labute approximate surface area is 310 Å². The summed E-state index contributed by atoms with van der Waals surface area (Å²) in [5, 5.41) is 9.69. The molecule has 4 aliphatic heterocycles. The third kappa shape index (κ3) is 3.84. The molecule has 0 atom stereocenters. The van der Waals surface area contributed by atoms with E-state index in [0.29, 0.717) is 0 Å². The quantitative estimate of drug-likeness (QED) is 0.188. The molecule has 1 spiro atoms. The summed E-state index contributed by atoms with van der Waals surface area (Å²) in [6, 6.07) is 65.1. The second-order valence-electron chi connectivity index (χ2n) is 14.5. The molecule has 0 aromatic heterocycles. The van der Waals surface area contributed by atoms with Crippen molar-refractivity contribution in [1.29, 1.82) is 0 Å². The van der Waals surface area contributed by atoms with Crippen molar-refractivity contribution in [3.05, 3.63) is 176 Å². The van der Waals surface area contributed by atoms with Crippen molar-refractivity contribution in [3.63, 3.8) is 0 Å². The molecule has 0 saturated carbocycles. The van der Waals surface area contributed by atoms with Gasteiger partial charge in [-0.3, -0.25) is 0 Å². The molecule has 12 rings (SSSR count). The summed E-state index contributed by atoms with van der Waals surface area (Å²) in [6.45, 7) is 0. The summed E-state index contributed by atoms with van der Waals surface area (Å²) < 4.78 is 6.51. The highest BCUT2D eigenvalue weighted by molar-refractivity contribution is 7.23. The largest absolute Gasteiger partial charge is 0.453 e. The first-order chi connectivity index (χ1) is 26.3. The maximum atomic E-state index is 6.51. The number of hydrogen-bond acceptors (Lipinski definition) is 3. The highest BCUT2D eigenvalue weighted by Crippen LogP contribution is 2.49. The molecule has 8 aromatic rings. The zero-order chi connectivity index (χ0) is 34.7. The molecule has 5 heteroatoms. The van der Waals surface area contributed by atoms with E-state index in [1.54, 1.807) is 0 Å². The van der Waals surface area contributed by atoms with E-state index in [-0.39, 0.29) is 0 Å². The average molecular weight is 691 g/mol. The van der Waals surface area contributed by atoms with Gasteiger partial charge in [-0.1, -0.05) is 145 Å². The molecule has 53 heavy (non-hydrogen) atoms. The van der Waals surface area contributed by atoms with Crippen LogP contribution in [-0.2, 0) is 0 Å². The summed E-state index contributed by atoms with van der Waals surface area (Å²) in [5.41, 5.74) is 16.1. The van der Waals surface area contributed by atoms with Crippen LogP contribution < -0.4 is 46.6 Å². The van der Waals surface area contributed by atoms with Gasteiger partial charge >= 0.3 is 0 Å². The van der Waals surface area contributed by atoms with Gasteiger partial charge < -0.3 is 15.0 Å². The molecule has 0 aliphatic carbocycles. The number of para-hydroxylation sites is 5. The van der Waals surface area contributed by atoms with E-state index in [1.165, 1.54) is 76.6 Å². The smallest absolute Gasteiger partial charge is 0.198 e. The second-order valence-corrected chi connectivity index (χ2v) is 18.1. The molecule has 246 valence electrons. The van der Waals surface area contributed by atoms with Crippen LogP contribution in [0.25, 0.3) is 33.4 Å². The Morgan fingerprint density at radius 3 is 1.94 bits per heavy atom. The lowest BCUT2D eigenvalue weighted by Gasteiger charge is -2.47. The number of hydrogen-bond donors (Lipinski definition) is 1. The van der Waals surface area contributed by atoms with Crippen LogP contribution in [0.1, 0.15) is 0 Å². The Morgan fingerprint density at radius 2 is 1.11 bits per heavy atom. The van der Waals surface area contributed by atoms with E-state index < -0.39 is 8.07 Å². The fourth-order valence-electron chi connectivity index (χ4n) is 9.77. The van der Waals surface area contributed by atoms with Crippen molar-refractivity contribution in [1.82, 2.24) is 0 Å². The molecule has 4 aliphatic rings. The van der Waals surface area contributed by atoms with Crippen molar-refractivity contribution in [2.24, 2.45) is 0 Å². The van der Waals surface area contributed by atoms with Crippen LogP contribution >= 0.6 is 0 Å². The Morgan fingerprint density at radius 1 is 0.472 bits per heavy atom. The van der Waals surface area contributed by atoms with Crippen LogP contribution in [0.3, 0.4) is 0 Å². The summed E-state index contributed by atoms with van der Waals surface area (Å²) in [4.78, 5) is 2.62. The van der Waals surface area contributed by atoms with E-state index in [1.807, 2.05) is 12.1 Å². The summed E-state index contributed by atoms with van der Waals surface area (Å²) in [7, 11) is -1.83. The van der Waals surface area contributed by atoms with Gasteiger partial charge in [0, 0.05) is 22.6 Å². The van der Waals surface area contributed by atoms with Gasteiger partial charge in [-0.15, -0.1) is 0 Å². The fraction of sp³-hybridized carbons (Fsp3) is 0. The Bertz CT molecular complexity index is 2800. The normalized spacial score (nSPS) is 14.2. The van der Waals surface area contributed by atoms with E-state index in [0.717, 1.165) is 35.7 Å². The number of anilines is 5. The van der Waals surface area contributed by atoms with Crippen molar-refractivity contribution in [2.75, 3.05) is 10.2 Å². The zero-order valence-corrected chi connectivity index (χ0v) is 29.8. The maximum Gasteiger partial charge on any atom is 0.198 e. The Balaban J connectivity index is 1.16. The zero-order valence-electron chi connectivity index (χ0n) is 28.8. The van der Waals surface area contributed by atoms with Gasteiger partial charge in [0.25, 0.3) is 0 Å². The molecule has 0 amide bonds. The molecule has 0 radical (unpaired) electrons. The van der Waals surface area contributed by atoms with Gasteiger partial charge in [-0.05, 0) is 90.4 Å². The maximum absolute atomic E-state index is 6.51. The Kier molecular flexibility index (Phi) is 5.89. The van der Waals surface area contributed by atoms with E-state index >= 15 is 0 Å². The van der Waals surface area contributed by atoms with Gasteiger partial charge in [0.1, 0.15) is 0 Å². The number of nitrogens with zero attached hydrogens (tertiary/aromatic N) is 1. The number of benzene rings is 8. The van der Waals surface area contributed by atoms with Gasteiger partial charge in [0.2, 0.25) is 0 Å². The molecule has 0 unspecified atom stereocenters. The summed E-state index contributed by atoms with van der Waals surface area (Å²) >= 11 is 0. The van der Waals surface area contributed by atoms with Crippen LogP contribution in [0.15, 0.2) is 176 Å². The van der Waals surface area contributed by atoms with Gasteiger partial charge in [-0.25, -0.2) is 0 Å². The van der Waals surface area contributed by atoms with Crippen LogP contribution in [0.4, 0.5) is 28.4 Å². The molecule has 0 bridgehead atoms. The highest BCUT2D eigenvalue weighted by atomic mass is 28.3. The summed E-state index contributed by atoms with van der Waals surface area (Å²) in [5.74, 6) is 1.69. The number of rotatable bonds is 2. The monoisotopic (exact) mass is 690 g/mol. The van der Waals surface area contributed by atoms with Gasteiger partial charge in [0.15, 0.2) is 26.9 Å². The topological polar surface area (TPSA) is 24.5 Å². The minimum Gasteiger partial charge on any atom is -0.453 e. The predicted molar refractivity (Wildman–Crippen MR) is 224 cm³/mol. The van der Waals surface area contributed by atoms with E-state index in [9.17, 15) is 0 Å². The minimum absolute atomic E-state index is 0.830. The molecule has 1 N–H and O–H groups in total. The first-order valence-electron chi connectivity index (χ1n) is 18.4. The molecule has 0 fully saturated rings. The fourth-order valence-corrected chi connectivity index (χ4v) is 15.3. The standard InChI is InChI=1S/C48H31BN2OSi/c1-2-14-30(15-3-1)31-28-35(34-18-12-23-41-47(34)50-37-20-6-8-22-40(37)52-41)46-39(29-31)51-38-21-7-11-26-44(38)53(45-27-13-19-36(49-46)48(45)51)42-24-9-4-16-32(42)33-17-5-10-25-43(33)53/h1-29,49-50H. The molecular formula is C48H31BN2OSi. The van der Waals surface area contributed by atoms with Crippen LogP contribution in [0.5, 0.6) is 11.5 Å². The lowest BCUT2D eigenvalue weighted by atomic mass is 9.58. The number of ether oxygens (including phenoxy) is 1. The Hall–Kier alpha value is -6.56. The SMILES string of the molecule is B1c2cccc3c2N(c2ccccc2[Si]32c3ccccc3-c3ccccc32)c2cc(-c3ccccc3)cc(-c3cccc4c3Nc3ccccc3O4)c21. The van der Waals surface area contributed by atoms with Crippen LogP contribution in [-0.4, -0.2) is 15.4 Å². The molecule has 8 aromatic carbocycles. The average Bonchev–Trinajstić information content (AvgIpc) is 3.52. The van der Waals surface area contributed by atoms with Gasteiger partial charge in [-0.2, -0.15) is 0 Å². The first-order valence-corrected chi connectivity index (χ1v) is 20.4.